The molecule has 0 aromatic carbocycles. The van der Waals surface area contributed by atoms with Crippen LogP contribution in [0.3, 0.4) is 0 Å². The van der Waals surface area contributed by atoms with Crippen LogP contribution in [0.25, 0.3) is 0 Å². The number of nitrogens with zero attached hydrogens (tertiary/aromatic N) is 3. The molecule has 19 heavy (non-hydrogen) atoms. The minimum absolute atomic E-state index is 0.546. The Labute approximate surface area is 115 Å². The highest BCUT2D eigenvalue weighted by Crippen LogP contribution is 2.35. The van der Waals surface area contributed by atoms with Gasteiger partial charge in [-0.2, -0.15) is 0 Å². The van der Waals surface area contributed by atoms with Gasteiger partial charge in [-0.05, 0) is 31.6 Å². The second-order valence-electron chi connectivity index (χ2n) is 5.35. The zero-order valence-electron chi connectivity index (χ0n) is 12.3. The van der Waals surface area contributed by atoms with Gasteiger partial charge in [0, 0.05) is 20.1 Å². The number of methoxy groups -OCH3 is 1. The van der Waals surface area contributed by atoms with Crippen molar-refractivity contribution in [3.05, 3.63) is 6.33 Å². The van der Waals surface area contributed by atoms with Gasteiger partial charge in [0.1, 0.15) is 6.33 Å². The highest BCUT2D eigenvalue weighted by molar-refractivity contribution is 5.64. The second-order valence-corrected chi connectivity index (χ2v) is 5.35. The maximum absolute atomic E-state index is 5.47. The second kappa shape index (κ2) is 6.08. The molecule has 1 heterocycles. The van der Waals surface area contributed by atoms with Gasteiger partial charge >= 0.3 is 0 Å². The SMILES string of the molecule is CNc1ncnc(N(C)C2CCC(C)CC2)c1OC. The average Bonchev–Trinajstić information content (AvgIpc) is 2.46. The summed E-state index contributed by atoms with van der Waals surface area (Å²) in [6.45, 7) is 2.33. The molecule has 0 bridgehead atoms. The van der Waals surface area contributed by atoms with Crippen molar-refractivity contribution < 1.29 is 4.74 Å². The fourth-order valence-electron chi connectivity index (χ4n) is 2.78. The minimum Gasteiger partial charge on any atom is -0.490 e. The summed E-state index contributed by atoms with van der Waals surface area (Å²) in [5, 5.41) is 3.05. The first-order valence-electron chi connectivity index (χ1n) is 6.97. The zero-order valence-corrected chi connectivity index (χ0v) is 12.3. The van der Waals surface area contributed by atoms with Gasteiger partial charge in [0.05, 0.1) is 7.11 Å². The number of ether oxygens (including phenoxy) is 1. The monoisotopic (exact) mass is 264 g/mol. The maximum Gasteiger partial charge on any atom is 0.204 e. The topological polar surface area (TPSA) is 50.3 Å². The first-order chi connectivity index (χ1) is 9.17. The molecule has 0 amide bonds. The van der Waals surface area contributed by atoms with Crippen molar-refractivity contribution in [2.45, 2.75) is 38.6 Å². The van der Waals surface area contributed by atoms with Crippen molar-refractivity contribution in [3.63, 3.8) is 0 Å². The lowest BCUT2D eigenvalue weighted by Crippen LogP contribution is -2.35. The number of hydrogen-bond acceptors (Lipinski definition) is 5. The van der Waals surface area contributed by atoms with Gasteiger partial charge < -0.3 is 15.0 Å². The van der Waals surface area contributed by atoms with E-state index in [1.54, 1.807) is 13.4 Å². The molecule has 1 aromatic heterocycles. The Bertz CT molecular complexity index is 416. The summed E-state index contributed by atoms with van der Waals surface area (Å²) in [7, 11) is 5.61. The molecule has 5 heteroatoms. The quantitative estimate of drug-likeness (QED) is 0.905. The van der Waals surface area contributed by atoms with Crippen molar-refractivity contribution in [3.8, 4) is 5.75 Å². The molecule has 0 saturated heterocycles. The van der Waals surface area contributed by atoms with E-state index in [4.69, 9.17) is 4.74 Å². The third kappa shape index (κ3) is 2.91. The molecule has 5 nitrogen and oxygen atoms in total. The zero-order chi connectivity index (χ0) is 13.8. The van der Waals surface area contributed by atoms with Crippen molar-refractivity contribution >= 4 is 11.6 Å². The summed E-state index contributed by atoms with van der Waals surface area (Å²) in [4.78, 5) is 10.8. The molecule has 0 unspecified atom stereocenters. The molecule has 1 saturated carbocycles. The van der Waals surface area contributed by atoms with Crippen LogP contribution in [-0.4, -0.2) is 37.2 Å². The van der Waals surface area contributed by atoms with Crippen LogP contribution in [-0.2, 0) is 0 Å². The first-order valence-corrected chi connectivity index (χ1v) is 6.97. The molecule has 0 atom stereocenters. The van der Waals surface area contributed by atoms with E-state index in [9.17, 15) is 0 Å². The Morgan fingerprint density at radius 2 is 1.95 bits per heavy atom. The van der Waals surface area contributed by atoms with Crippen LogP contribution < -0.4 is 15.0 Å². The van der Waals surface area contributed by atoms with E-state index in [1.165, 1.54) is 25.7 Å². The highest BCUT2D eigenvalue weighted by atomic mass is 16.5. The summed E-state index contributed by atoms with van der Waals surface area (Å²) in [6.07, 6.45) is 6.62. The van der Waals surface area contributed by atoms with Crippen LogP contribution in [0.5, 0.6) is 5.75 Å². The van der Waals surface area contributed by atoms with Crippen LogP contribution in [0.1, 0.15) is 32.6 Å². The number of nitrogens with one attached hydrogen (secondary N) is 1. The van der Waals surface area contributed by atoms with Crippen LogP contribution in [0.4, 0.5) is 11.6 Å². The Balaban J connectivity index is 2.21. The van der Waals surface area contributed by atoms with E-state index < -0.39 is 0 Å². The molecule has 1 aromatic rings. The average molecular weight is 264 g/mol. The van der Waals surface area contributed by atoms with Crippen molar-refractivity contribution in [1.29, 1.82) is 0 Å². The van der Waals surface area contributed by atoms with E-state index in [-0.39, 0.29) is 0 Å². The van der Waals surface area contributed by atoms with Crippen molar-refractivity contribution in [2.24, 2.45) is 5.92 Å². The van der Waals surface area contributed by atoms with Crippen LogP contribution in [0.15, 0.2) is 6.33 Å². The molecular weight excluding hydrogens is 240 g/mol. The molecule has 106 valence electrons. The van der Waals surface area contributed by atoms with Crippen molar-refractivity contribution in [2.75, 3.05) is 31.4 Å². The predicted octanol–water partition coefficient (Wildman–Crippen LogP) is 2.54. The fraction of sp³-hybridized carbons (Fsp3) is 0.714. The predicted molar refractivity (Wildman–Crippen MR) is 78.0 cm³/mol. The van der Waals surface area contributed by atoms with E-state index >= 15 is 0 Å². The van der Waals surface area contributed by atoms with Crippen LogP contribution >= 0.6 is 0 Å². The van der Waals surface area contributed by atoms with Crippen LogP contribution in [0.2, 0.25) is 0 Å². The number of hydrogen-bond donors (Lipinski definition) is 1. The van der Waals surface area contributed by atoms with Gasteiger partial charge in [-0.3, -0.25) is 0 Å². The third-order valence-corrected chi connectivity index (χ3v) is 4.09. The van der Waals surface area contributed by atoms with E-state index in [0.717, 1.165) is 23.3 Å². The lowest BCUT2D eigenvalue weighted by Gasteiger charge is -2.34. The van der Waals surface area contributed by atoms with E-state index in [1.807, 2.05) is 7.05 Å². The van der Waals surface area contributed by atoms with Gasteiger partial charge in [-0.15, -0.1) is 0 Å². The molecule has 2 rings (SSSR count). The molecule has 0 spiro atoms. The molecule has 1 aliphatic carbocycles. The fourth-order valence-corrected chi connectivity index (χ4v) is 2.78. The lowest BCUT2D eigenvalue weighted by molar-refractivity contribution is 0.337. The van der Waals surface area contributed by atoms with Gasteiger partial charge in [0.25, 0.3) is 0 Å². The van der Waals surface area contributed by atoms with E-state index in [0.29, 0.717) is 6.04 Å². The van der Waals surface area contributed by atoms with Gasteiger partial charge in [-0.25, -0.2) is 9.97 Å². The van der Waals surface area contributed by atoms with Gasteiger partial charge in [0.2, 0.25) is 5.75 Å². The van der Waals surface area contributed by atoms with Crippen LogP contribution in [0, 0.1) is 5.92 Å². The van der Waals surface area contributed by atoms with Gasteiger partial charge in [0.15, 0.2) is 11.6 Å². The molecule has 1 N–H and O–H groups in total. The number of aromatic nitrogens is 2. The summed E-state index contributed by atoms with van der Waals surface area (Å²) < 4.78 is 5.47. The standard InChI is InChI=1S/C14H24N4O/c1-10-5-7-11(8-6-10)18(3)14-12(19-4)13(15-2)16-9-17-14/h9-11H,5-8H2,1-4H3,(H,15,16,17). The smallest absolute Gasteiger partial charge is 0.204 e. The number of anilines is 2. The number of rotatable bonds is 4. The summed E-state index contributed by atoms with van der Waals surface area (Å²) in [5.41, 5.74) is 0. The molecule has 0 radical (unpaired) electrons. The molecule has 1 fully saturated rings. The largest absolute Gasteiger partial charge is 0.490 e. The highest BCUT2D eigenvalue weighted by Gasteiger charge is 2.25. The molecule has 1 aliphatic rings. The Morgan fingerprint density at radius 1 is 1.26 bits per heavy atom. The molecule has 0 aliphatic heterocycles. The Morgan fingerprint density at radius 3 is 2.53 bits per heavy atom. The van der Waals surface area contributed by atoms with Crippen molar-refractivity contribution in [1.82, 2.24) is 9.97 Å². The Hall–Kier alpha value is -1.52. The van der Waals surface area contributed by atoms with E-state index in [2.05, 4.69) is 34.2 Å². The maximum atomic E-state index is 5.47. The summed E-state index contributed by atoms with van der Waals surface area (Å²) >= 11 is 0. The normalized spacial score (nSPS) is 22.9. The summed E-state index contributed by atoms with van der Waals surface area (Å²) in [5.74, 6) is 3.20. The van der Waals surface area contributed by atoms with Gasteiger partial charge in [-0.1, -0.05) is 6.92 Å². The third-order valence-electron chi connectivity index (χ3n) is 4.09. The first kappa shape index (κ1) is 13.9. The summed E-state index contributed by atoms with van der Waals surface area (Å²) in [6, 6.07) is 0.546. The lowest BCUT2D eigenvalue weighted by atomic mass is 9.87. The molecular formula is C14H24N4O. The Kier molecular flexibility index (Phi) is 4.45. The minimum atomic E-state index is 0.546.